The van der Waals surface area contributed by atoms with E-state index in [1.807, 2.05) is 33.8 Å². The molecule has 4 rings (SSSR count). The maximum absolute atomic E-state index is 12.9. The van der Waals surface area contributed by atoms with E-state index in [2.05, 4.69) is 15.2 Å². The van der Waals surface area contributed by atoms with Crippen LogP contribution in [0.3, 0.4) is 0 Å². The number of hydrogen-bond acceptors (Lipinski definition) is 4. The molecule has 1 aliphatic rings. The molecule has 28 heavy (non-hydrogen) atoms. The van der Waals surface area contributed by atoms with E-state index < -0.39 is 11.7 Å². The Hall–Kier alpha value is -2.32. The molecule has 0 radical (unpaired) electrons. The number of hydrogen-bond donors (Lipinski definition) is 0. The van der Waals surface area contributed by atoms with Crippen molar-refractivity contribution >= 4 is 29.1 Å². The van der Waals surface area contributed by atoms with E-state index >= 15 is 0 Å². The fourth-order valence-corrected chi connectivity index (χ4v) is 3.43. The summed E-state index contributed by atoms with van der Waals surface area (Å²) < 4.78 is 40.6. The summed E-state index contributed by atoms with van der Waals surface area (Å²) in [6.45, 7) is 4.61. The summed E-state index contributed by atoms with van der Waals surface area (Å²) in [5, 5.41) is 8.35. The zero-order valence-electron chi connectivity index (χ0n) is 15.1. The highest BCUT2D eigenvalue weighted by atomic mass is 35.5. The molecular formula is C19H21ClF3N5. The van der Waals surface area contributed by atoms with Gasteiger partial charge in [-0.3, -0.25) is 4.90 Å². The largest absolute Gasteiger partial charge is 0.416 e. The normalized spacial score (nSPS) is 15.6. The minimum Gasteiger partial charge on any atom is -0.369 e. The van der Waals surface area contributed by atoms with Crippen molar-refractivity contribution in [1.29, 1.82) is 0 Å². The van der Waals surface area contributed by atoms with E-state index in [0.29, 0.717) is 18.8 Å². The van der Waals surface area contributed by atoms with Crippen LogP contribution >= 0.6 is 12.4 Å². The van der Waals surface area contributed by atoms with Gasteiger partial charge in [-0.1, -0.05) is 23.4 Å². The molecule has 0 bridgehead atoms. The number of nitrogens with zero attached hydrogens (tertiary/aromatic N) is 5. The third-order valence-electron chi connectivity index (χ3n) is 4.96. The Morgan fingerprint density at radius 2 is 1.64 bits per heavy atom. The van der Waals surface area contributed by atoms with Crippen molar-refractivity contribution in [3.05, 3.63) is 54.1 Å². The van der Waals surface area contributed by atoms with Crippen LogP contribution in [0.5, 0.6) is 0 Å². The summed E-state index contributed by atoms with van der Waals surface area (Å²) in [7, 11) is 0. The summed E-state index contributed by atoms with van der Waals surface area (Å²) in [5.41, 5.74) is 1.93. The first-order valence-electron chi connectivity index (χ1n) is 8.93. The number of anilines is 1. The van der Waals surface area contributed by atoms with Crippen molar-refractivity contribution in [3.63, 3.8) is 0 Å². The average molecular weight is 412 g/mol. The number of benzene rings is 2. The Bertz CT molecular complexity index is 919. The Labute approximate surface area is 167 Å². The zero-order valence-corrected chi connectivity index (χ0v) is 16.0. The summed E-state index contributed by atoms with van der Waals surface area (Å²) in [6.07, 6.45) is -4.31. The Kier molecular flexibility index (Phi) is 6.10. The van der Waals surface area contributed by atoms with Crippen LogP contribution in [-0.4, -0.2) is 52.6 Å². The molecule has 150 valence electrons. The fourth-order valence-electron chi connectivity index (χ4n) is 3.43. The lowest BCUT2D eigenvalue weighted by molar-refractivity contribution is -0.137. The minimum atomic E-state index is -4.31. The molecular weight excluding hydrogens is 391 g/mol. The van der Waals surface area contributed by atoms with E-state index in [1.54, 1.807) is 6.07 Å². The summed E-state index contributed by atoms with van der Waals surface area (Å²) in [4.78, 5) is 4.32. The molecule has 2 aromatic carbocycles. The molecule has 0 atom stereocenters. The van der Waals surface area contributed by atoms with Crippen LogP contribution in [0, 0.1) is 0 Å². The quantitative estimate of drug-likeness (QED) is 0.656. The van der Waals surface area contributed by atoms with Crippen LogP contribution in [-0.2, 0) is 12.7 Å². The van der Waals surface area contributed by atoms with Gasteiger partial charge in [0.1, 0.15) is 5.52 Å². The third kappa shape index (κ3) is 4.39. The molecule has 5 nitrogen and oxygen atoms in total. The van der Waals surface area contributed by atoms with Gasteiger partial charge < -0.3 is 4.90 Å². The summed E-state index contributed by atoms with van der Waals surface area (Å²) in [5.74, 6) is 0. The van der Waals surface area contributed by atoms with Crippen LogP contribution in [0.4, 0.5) is 18.9 Å². The van der Waals surface area contributed by atoms with Gasteiger partial charge in [-0.2, -0.15) is 13.2 Å². The standard InChI is InChI=1S/C19H20F3N5.ClH/c20-19(21,22)15-4-3-5-16(14-15)26-11-8-25(9-12-26)10-13-27-18-7-2-1-6-17(18)23-24-27;/h1-7,14H,8-13H2;1H. The predicted octanol–water partition coefficient (Wildman–Crippen LogP) is 3.69. The highest BCUT2D eigenvalue weighted by molar-refractivity contribution is 5.85. The van der Waals surface area contributed by atoms with Gasteiger partial charge in [0.2, 0.25) is 0 Å². The second-order valence-electron chi connectivity index (χ2n) is 6.68. The lowest BCUT2D eigenvalue weighted by atomic mass is 10.1. The Balaban J connectivity index is 0.00000225. The van der Waals surface area contributed by atoms with E-state index in [9.17, 15) is 13.2 Å². The van der Waals surface area contributed by atoms with E-state index in [-0.39, 0.29) is 12.4 Å². The highest BCUT2D eigenvalue weighted by Gasteiger charge is 2.31. The number of fused-ring (bicyclic) bond motifs is 1. The van der Waals surface area contributed by atoms with Gasteiger partial charge in [-0.15, -0.1) is 17.5 Å². The average Bonchev–Trinajstić information content (AvgIpc) is 3.09. The van der Waals surface area contributed by atoms with E-state index in [4.69, 9.17) is 0 Å². The first-order chi connectivity index (χ1) is 13.0. The van der Waals surface area contributed by atoms with Gasteiger partial charge in [-0.05, 0) is 30.3 Å². The lowest BCUT2D eigenvalue weighted by Gasteiger charge is -2.36. The van der Waals surface area contributed by atoms with Crippen molar-refractivity contribution in [3.8, 4) is 0 Å². The monoisotopic (exact) mass is 411 g/mol. The Morgan fingerprint density at radius 3 is 2.39 bits per heavy atom. The molecule has 9 heteroatoms. The Morgan fingerprint density at radius 1 is 0.893 bits per heavy atom. The van der Waals surface area contributed by atoms with Gasteiger partial charge in [-0.25, -0.2) is 4.68 Å². The van der Waals surface area contributed by atoms with Gasteiger partial charge in [0.05, 0.1) is 17.6 Å². The van der Waals surface area contributed by atoms with Crippen molar-refractivity contribution in [2.75, 3.05) is 37.6 Å². The third-order valence-corrected chi connectivity index (χ3v) is 4.96. The van der Waals surface area contributed by atoms with Crippen molar-refractivity contribution < 1.29 is 13.2 Å². The molecule has 1 saturated heterocycles. The van der Waals surface area contributed by atoms with Crippen LogP contribution in [0.1, 0.15) is 5.56 Å². The summed E-state index contributed by atoms with van der Waals surface area (Å²) in [6, 6.07) is 13.4. The van der Waals surface area contributed by atoms with E-state index in [0.717, 1.165) is 43.3 Å². The van der Waals surface area contributed by atoms with Gasteiger partial charge in [0, 0.05) is 38.4 Å². The smallest absolute Gasteiger partial charge is 0.369 e. The van der Waals surface area contributed by atoms with Gasteiger partial charge in [0.25, 0.3) is 0 Å². The zero-order chi connectivity index (χ0) is 18.9. The molecule has 0 aliphatic carbocycles. The molecule has 3 aromatic rings. The predicted molar refractivity (Wildman–Crippen MR) is 105 cm³/mol. The SMILES string of the molecule is Cl.FC(F)(F)c1cccc(N2CCN(CCn3nnc4ccccc43)CC2)c1. The van der Waals surface area contributed by atoms with Gasteiger partial charge in [0.15, 0.2) is 0 Å². The highest BCUT2D eigenvalue weighted by Crippen LogP contribution is 2.31. The van der Waals surface area contributed by atoms with Crippen LogP contribution in [0.25, 0.3) is 11.0 Å². The molecule has 0 spiro atoms. The topological polar surface area (TPSA) is 37.2 Å². The first-order valence-corrected chi connectivity index (χ1v) is 8.93. The number of aromatic nitrogens is 3. The second kappa shape index (κ2) is 8.36. The summed E-state index contributed by atoms with van der Waals surface area (Å²) >= 11 is 0. The van der Waals surface area contributed by atoms with E-state index in [1.165, 1.54) is 12.1 Å². The number of halogens is 4. The molecule has 1 aromatic heterocycles. The van der Waals surface area contributed by atoms with Crippen molar-refractivity contribution in [2.45, 2.75) is 12.7 Å². The molecule has 0 amide bonds. The molecule has 1 fully saturated rings. The molecule has 0 saturated carbocycles. The number of piperazine rings is 1. The minimum absolute atomic E-state index is 0. The molecule has 2 heterocycles. The lowest BCUT2D eigenvalue weighted by Crippen LogP contribution is -2.47. The van der Waals surface area contributed by atoms with Crippen LogP contribution in [0.2, 0.25) is 0 Å². The van der Waals surface area contributed by atoms with Crippen LogP contribution < -0.4 is 4.90 Å². The number of para-hydroxylation sites is 1. The maximum atomic E-state index is 12.9. The second-order valence-corrected chi connectivity index (χ2v) is 6.68. The number of alkyl halides is 3. The number of rotatable bonds is 4. The molecule has 1 aliphatic heterocycles. The van der Waals surface area contributed by atoms with Crippen LogP contribution in [0.15, 0.2) is 48.5 Å². The van der Waals surface area contributed by atoms with Gasteiger partial charge >= 0.3 is 6.18 Å². The van der Waals surface area contributed by atoms with Crippen molar-refractivity contribution in [2.24, 2.45) is 0 Å². The first kappa shape index (κ1) is 20.4. The fraction of sp³-hybridized carbons (Fsp3) is 0.368. The van der Waals surface area contributed by atoms with Crippen molar-refractivity contribution in [1.82, 2.24) is 19.9 Å². The molecule has 0 N–H and O–H groups in total. The maximum Gasteiger partial charge on any atom is 0.416 e. The molecule has 0 unspecified atom stereocenters.